The third kappa shape index (κ3) is 4.14. The highest BCUT2D eigenvalue weighted by Crippen LogP contribution is 2.17. The van der Waals surface area contributed by atoms with Gasteiger partial charge in [-0.25, -0.2) is 5.43 Å². The van der Waals surface area contributed by atoms with E-state index in [2.05, 4.69) is 10.5 Å². The third-order valence-electron chi connectivity index (χ3n) is 3.19. The summed E-state index contributed by atoms with van der Waals surface area (Å²) in [5.74, 6) is -0.420. The predicted octanol–water partition coefficient (Wildman–Crippen LogP) is 3.71. The summed E-state index contributed by atoms with van der Waals surface area (Å²) in [5.41, 5.74) is 4.91. The number of nitrogens with one attached hydrogen (secondary N) is 1. The number of non-ortho nitro benzene ring substituents is 1. The number of carbonyl (C=O) groups excluding carboxylic acids is 1. The van der Waals surface area contributed by atoms with Gasteiger partial charge in [0.1, 0.15) is 0 Å². The van der Waals surface area contributed by atoms with Gasteiger partial charge in [0.15, 0.2) is 0 Å². The summed E-state index contributed by atoms with van der Waals surface area (Å²) in [6.45, 7) is 3.57. The summed E-state index contributed by atoms with van der Waals surface area (Å²) in [7, 11) is 0. The molecular formula is C16H14ClN3O3. The van der Waals surface area contributed by atoms with Crippen molar-refractivity contribution in [1.82, 2.24) is 5.43 Å². The molecule has 0 unspecified atom stereocenters. The molecule has 0 saturated carbocycles. The van der Waals surface area contributed by atoms with Crippen LogP contribution in [0.5, 0.6) is 0 Å². The first-order valence-electron chi connectivity index (χ1n) is 6.74. The second-order valence-electron chi connectivity index (χ2n) is 4.93. The fraction of sp³-hybridized carbons (Fsp3) is 0.125. The number of hydrogen-bond acceptors (Lipinski definition) is 4. The van der Waals surface area contributed by atoms with Gasteiger partial charge in [0.2, 0.25) is 0 Å². The van der Waals surface area contributed by atoms with Gasteiger partial charge in [-0.2, -0.15) is 5.10 Å². The van der Waals surface area contributed by atoms with E-state index >= 15 is 0 Å². The number of aryl methyl sites for hydroxylation is 1. The van der Waals surface area contributed by atoms with Crippen LogP contribution in [0.3, 0.4) is 0 Å². The van der Waals surface area contributed by atoms with Gasteiger partial charge in [-0.3, -0.25) is 14.9 Å². The molecule has 0 bridgehead atoms. The number of hydrogen-bond donors (Lipinski definition) is 1. The van der Waals surface area contributed by atoms with Crippen LogP contribution >= 0.6 is 11.6 Å². The van der Waals surface area contributed by atoms with Crippen molar-refractivity contribution >= 4 is 28.9 Å². The fourth-order valence-electron chi connectivity index (χ4n) is 1.89. The van der Waals surface area contributed by atoms with Crippen molar-refractivity contribution in [3.8, 4) is 0 Å². The second kappa shape index (κ2) is 7.02. The Labute approximate surface area is 137 Å². The van der Waals surface area contributed by atoms with Crippen molar-refractivity contribution in [2.45, 2.75) is 13.8 Å². The van der Waals surface area contributed by atoms with Crippen molar-refractivity contribution < 1.29 is 9.72 Å². The molecule has 118 valence electrons. The minimum absolute atomic E-state index is 0.00276. The van der Waals surface area contributed by atoms with E-state index in [4.69, 9.17) is 11.6 Å². The molecule has 0 spiro atoms. The van der Waals surface area contributed by atoms with Crippen LogP contribution in [-0.4, -0.2) is 16.5 Å². The number of nitro groups is 1. The Kier molecular flexibility index (Phi) is 5.08. The lowest BCUT2D eigenvalue weighted by molar-refractivity contribution is -0.384. The van der Waals surface area contributed by atoms with Crippen LogP contribution in [0.1, 0.15) is 28.4 Å². The molecule has 0 aromatic heterocycles. The normalized spacial score (nSPS) is 11.2. The van der Waals surface area contributed by atoms with Gasteiger partial charge in [-0.15, -0.1) is 0 Å². The summed E-state index contributed by atoms with van der Waals surface area (Å²) in [6, 6.07) is 11.0. The Morgan fingerprint density at radius 1 is 1.22 bits per heavy atom. The van der Waals surface area contributed by atoms with Crippen LogP contribution < -0.4 is 5.43 Å². The monoisotopic (exact) mass is 331 g/mol. The zero-order valence-corrected chi connectivity index (χ0v) is 13.3. The van der Waals surface area contributed by atoms with Crippen molar-refractivity contribution in [2.24, 2.45) is 5.10 Å². The number of amides is 1. The van der Waals surface area contributed by atoms with Gasteiger partial charge in [-0.1, -0.05) is 17.7 Å². The average molecular weight is 332 g/mol. The van der Waals surface area contributed by atoms with E-state index in [0.717, 1.165) is 5.56 Å². The number of nitro benzene ring substituents is 1. The average Bonchev–Trinajstić information content (AvgIpc) is 2.52. The molecule has 0 aliphatic carbocycles. The number of rotatable bonds is 4. The lowest BCUT2D eigenvalue weighted by Gasteiger charge is -2.05. The standard InChI is InChI=1S/C16H14ClN3O3/c1-10-3-8-14(15(17)9-10)16(21)19-18-11(2)12-4-6-13(7-5-12)20(22)23/h3-9H,1-2H3,(H,19,21)/b18-11-. The van der Waals surface area contributed by atoms with E-state index in [0.29, 0.717) is 21.9 Å². The SMILES string of the molecule is C/C(=N/NC(=O)c1ccc(C)cc1Cl)c1ccc([N+](=O)[O-])cc1. The van der Waals surface area contributed by atoms with Crippen molar-refractivity contribution in [1.29, 1.82) is 0 Å². The van der Waals surface area contributed by atoms with Crippen molar-refractivity contribution in [3.05, 3.63) is 74.3 Å². The van der Waals surface area contributed by atoms with Crippen LogP contribution in [0.4, 0.5) is 5.69 Å². The van der Waals surface area contributed by atoms with Crippen LogP contribution in [-0.2, 0) is 0 Å². The Balaban J connectivity index is 2.12. The predicted molar refractivity (Wildman–Crippen MR) is 89.0 cm³/mol. The summed E-state index contributed by atoms with van der Waals surface area (Å²) in [6.07, 6.45) is 0. The topological polar surface area (TPSA) is 84.6 Å². The molecule has 2 aromatic rings. The van der Waals surface area contributed by atoms with Crippen LogP contribution in [0.15, 0.2) is 47.6 Å². The zero-order valence-electron chi connectivity index (χ0n) is 12.5. The first-order chi connectivity index (χ1) is 10.9. The van der Waals surface area contributed by atoms with Gasteiger partial charge in [-0.05, 0) is 49.2 Å². The van der Waals surface area contributed by atoms with Gasteiger partial charge in [0, 0.05) is 12.1 Å². The molecule has 0 fully saturated rings. The molecule has 1 N–H and O–H groups in total. The van der Waals surface area contributed by atoms with Crippen molar-refractivity contribution in [2.75, 3.05) is 0 Å². The maximum absolute atomic E-state index is 12.1. The molecule has 1 amide bonds. The number of halogens is 1. The zero-order chi connectivity index (χ0) is 17.0. The third-order valence-corrected chi connectivity index (χ3v) is 3.50. The maximum atomic E-state index is 12.1. The van der Waals surface area contributed by atoms with Crippen LogP contribution in [0, 0.1) is 17.0 Å². The largest absolute Gasteiger partial charge is 0.272 e. The summed E-state index contributed by atoms with van der Waals surface area (Å²) >= 11 is 6.03. The molecule has 23 heavy (non-hydrogen) atoms. The molecule has 7 heteroatoms. The smallest absolute Gasteiger partial charge is 0.267 e. The minimum atomic E-state index is -0.475. The Hall–Kier alpha value is -2.73. The molecule has 0 heterocycles. The highest BCUT2D eigenvalue weighted by molar-refractivity contribution is 6.33. The van der Waals surface area contributed by atoms with Crippen LogP contribution in [0.25, 0.3) is 0 Å². The van der Waals surface area contributed by atoms with E-state index in [1.54, 1.807) is 37.3 Å². The van der Waals surface area contributed by atoms with Gasteiger partial charge < -0.3 is 0 Å². The fourth-order valence-corrected chi connectivity index (χ4v) is 2.21. The van der Waals surface area contributed by atoms with Crippen molar-refractivity contribution in [3.63, 3.8) is 0 Å². The molecule has 0 radical (unpaired) electrons. The Morgan fingerprint density at radius 2 is 1.87 bits per heavy atom. The quantitative estimate of drug-likeness (QED) is 0.526. The molecule has 6 nitrogen and oxygen atoms in total. The summed E-state index contributed by atoms with van der Waals surface area (Å²) in [4.78, 5) is 22.2. The molecular weight excluding hydrogens is 318 g/mol. The molecule has 2 rings (SSSR count). The maximum Gasteiger partial charge on any atom is 0.272 e. The first-order valence-corrected chi connectivity index (χ1v) is 7.12. The highest BCUT2D eigenvalue weighted by atomic mass is 35.5. The summed E-state index contributed by atoms with van der Waals surface area (Å²) < 4.78 is 0. The van der Waals surface area contributed by atoms with E-state index in [1.807, 2.05) is 6.92 Å². The lowest BCUT2D eigenvalue weighted by Crippen LogP contribution is -2.19. The second-order valence-corrected chi connectivity index (χ2v) is 5.33. The van der Waals surface area contributed by atoms with E-state index in [1.165, 1.54) is 12.1 Å². The van der Waals surface area contributed by atoms with E-state index < -0.39 is 10.8 Å². The molecule has 2 aromatic carbocycles. The van der Waals surface area contributed by atoms with E-state index in [9.17, 15) is 14.9 Å². The Bertz CT molecular complexity index is 786. The lowest BCUT2D eigenvalue weighted by atomic mass is 10.1. The molecule has 0 aliphatic heterocycles. The van der Waals surface area contributed by atoms with Gasteiger partial charge in [0.25, 0.3) is 11.6 Å². The minimum Gasteiger partial charge on any atom is -0.267 e. The molecule has 0 saturated heterocycles. The molecule has 0 aliphatic rings. The first kappa shape index (κ1) is 16.6. The van der Waals surface area contributed by atoms with Gasteiger partial charge in [0.05, 0.1) is 21.2 Å². The van der Waals surface area contributed by atoms with Crippen LogP contribution in [0.2, 0.25) is 5.02 Å². The number of nitrogens with zero attached hydrogens (tertiary/aromatic N) is 2. The number of benzene rings is 2. The highest BCUT2D eigenvalue weighted by Gasteiger charge is 2.10. The van der Waals surface area contributed by atoms with Gasteiger partial charge >= 0.3 is 0 Å². The molecule has 0 atom stereocenters. The number of carbonyl (C=O) groups is 1. The Morgan fingerprint density at radius 3 is 2.43 bits per heavy atom. The number of hydrazone groups is 1. The summed E-state index contributed by atoms with van der Waals surface area (Å²) in [5, 5.41) is 15.0. The van der Waals surface area contributed by atoms with E-state index in [-0.39, 0.29) is 5.69 Å².